The Kier molecular flexibility index (Phi) is 3.52. The van der Waals surface area contributed by atoms with E-state index in [9.17, 15) is 14.0 Å². The number of piperidine rings is 1. The van der Waals surface area contributed by atoms with Crippen LogP contribution in [0.2, 0.25) is 0 Å². The Balaban J connectivity index is 2.04. The number of amides is 1. The first-order valence-corrected chi connectivity index (χ1v) is 5.71. The fourth-order valence-electron chi connectivity index (χ4n) is 2.04. The summed E-state index contributed by atoms with van der Waals surface area (Å²) in [5.41, 5.74) is 0.370. The first-order chi connectivity index (χ1) is 8.20. The summed E-state index contributed by atoms with van der Waals surface area (Å²) >= 11 is 0. The molecule has 0 aliphatic carbocycles. The van der Waals surface area contributed by atoms with Gasteiger partial charge in [-0.15, -0.1) is 0 Å². The molecule has 1 aliphatic heterocycles. The number of nitrogens with zero attached hydrogens (tertiary/aromatic N) is 1. The van der Waals surface area contributed by atoms with Crippen molar-refractivity contribution in [2.24, 2.45) is 5.92 Å². The van der Waals surface area contributed by atoms with Crippen molar-refractivity contribution < 1.29 is 14.0 Å². The summed E-state index contributed by atoms with van der Waals surface area (Å²) in [5, 5.41) is 0. The van der Waals surface area contributed by atoms with Crippen LogP contribution >= 0.6 is 0 Å². The van der Waals surface area contributed by atoms with Gasteiger partial charge in [0, 0.05) is 24.6 Å². The second kappa shape index (κ2) is 5.08. The quantitative estimate of drug-likeness (QED) is 0.734. The maximum atomic E-state index is 13.0. The molecule has 17 heavy (non-hydrogen) atoms. The summed E-state index contributed by atoms with van der Waals surface area (Å²) in [6, 6.07) is 5.70. The molecule has 4 heteroatoms. The first-order valence-electron chi connectivity index (χ1n) is 5.71. The lowest BCUT2D eigenvalue weighted by Crippen LogP contribution is -2.38. The van der Waals surface area contributed by atoms with E-state index in [1.807, 2.05) is 0 Å². The summed E-state index contributed by atoms with van der Waals surface area (Å²) in [6.07, 6.45) is 2.35. The van der Waals surface area contributed by atoms with Crippen molar-refractivity contribution in [3.8, 4) is 0 Å². The zero-order chi connectivity index (χ0) is 12.3. The van der Waals surface area contributed by atoms with Gasteiger partial charge in [0.1, 0.15) is 12.1 Å². The van der Waals surface area contributed by atoms with Crippen molar-refractivity contribution in [2.75, 3.05) is 13.1 Å². The number of benzene rings is 1. The number of likely N-dealkylation sites (tertiary alicyclic amines) is 1. The average molecular weight is 235 g/mol. The molecule has 2 rings (SSSR count). The SMILES string of the molecule is O=CC1CCN(C(=O)c2cccc(F)c2)CC1. The summed E-state index contributed by atoms with van der Waals surface area (Å²) < 4.78 is 13.0. The number of rotatable bonds is 2. The van der Waals surface area contributed by atoms with E-state index in [0.717, 1.165) is 6.29 Å². The molecule has 90 valence electrons. The molecule has 1 aromatic rings. The minimum atomic E-state index is -0.404. The lowest BCUT2D eigenvalue weighted by molar-refractivity contribution is -0.112. The molecule has 0 bridgehead atoms. The summed E-state index contributed by atoms with van der Waals surface area (Å²) in [6.45, 7) is 1.14. The van der Waals surface area contributed by atoms with Crippen LogP contribution in [-0.2, 0) is 4.79 Å². The Morgan fingerprint density at radius 2 is 2.06 bits per heavy atom. The lowest BCUT2D eigenvalue weighted by atomic mass is 9.98. The number of carbonyl (C=O) groups excluding carboxylic acids is 2. The maximum Gasteiger partial charge on any atom is 0.253 e. The third-order valence-electron chi connectivity index (χ3n) is 3.09. The van der Waals surface area contributed by atoms with Crippen molar-refractivity contribution >= 4 is 12.2 Å². The largest absolute Gasteiger partial charge is 0.339 e. The van der Waals surface area contributed by atoms with Gasteiger partial charge in [-0.1, -0.05) is 6.07 Å². The summed E-state index contributed by atoms with van der Waals surface area (Å²) in [4.78, 5) is 24.3. The Morgan fingerprint density at radius 1 is 1.35 bits per heavy atom. The monoisotopic (exact) mass is 235 g/mol. The van der Waals surface area contributed by atoms with Crippen molar-refractivity contribution in [1.29, 1.82) is 0 Å². The van der Waals surface area contributed by atoms with E-state index >= 15 is 0 Å². The second-order valence-corrected chi connectivity index (χ2v) is 4.28. The van der Waals surface area contributed by atoms with Crippen LogP contribution in [0.5, 0.6) is 0 Å². The Bertz CT molecular complexity index is 425. The van der Waals surface area contributed by atoms with Crippen LogP contribution in [0.25, 0.3) is 0 Å². The molecule has 0 saturated carbocycles. The van der Waals surface area contributed by atoms with Crippen molar-refractivity contribution in [3.05, 3.63) is 35.6 Å². The zero-order valence-corrected chi connectivity index (χ0v) is 9.43. The molecule has 0 aromatic heterocycles. The highest BCUT2D eigenvalue weighted by Gasteiger charge is 2.23. The van der Waals surface area contributed by atoms with E-state index in [-0.39, 0.29) is 11.8 Å². The van der Waals surface area contributed by atoms with Gasteiger partial charge in [0.15, 0.2) is 0 Å². The molecule has 1 heterocycles. The predicted octanol–water partition coefficient (Wildman–Crippen LogP) is 1.88. The van der Waals surface area contributed by atoms with Gasteiger partial charge in [0.2, 0.25) is 0 Å². The standard InChI is InChI=1S/C13H14FNO2/c14-12-3-1-2-11(8-12)13(17)15-6-4-10(9-16)5-7-15/h1-3,8-10H,4-7H2. The molecule has 1 aliphatic rings. The highest BCUT2D eigenvalue weighted by molar-refractivity contribution is 5.94. The topological polar surface area (TPSA) is 37.4 Å². The normalized spacial score (nSPS) is 16.9. The van der Waals surface area contributed by atoms with Crippen LogP contribution in [0.3, 0.4) is 0 Å². The van der Waals surface area contributed by atoms with E-state index in [1.54, 1.807) is 11.0 Å². The Morgan fingerprint density at radius 3 is 2.65 bits per heavy atom. The zero-order valence-electron chi connectivity index (χ0n) is 9.43. The first kappa shape index (κ1) is 11.8. The van der Waals surface area contributed by atoms with Crippen LogP contribution in [0.15, 0.2) is 24.3 Å². The van der Waals surface area contributed by atoms with Gasteiger partial charge in [-0.05, 0) is 31.0 Å². The predicted molar refractivity (Wildman–Crippen MR) is 61.1 cm³/mol. The third-order valence-corrected chi connectivity index (χ3v) is 3.09. The lowest BCUT2D eigenvalue weighted by Gasteiger charge is -2.29. The third kappa shape index (κ3) is 2.70. The maximum absolute atomic E-state index is 13.0. The van der Waals surface area contributed by atoms with Crippen molar-refractivity contribution in [3.63, 3.8) is 0 Å². The summed E-state index contributed by atoms with van der Waals surface area (Å²) in [7, 11) is 0. The van der Waals surface area contributed by atoms with Gasteiger partial charge in [0.05, 0.1) is 0 Å². The average Bonchev–Trinajstić information content (AvgIpc) is 2.38. The minimum absolute atomic E-state index is 0.0616. The van der Waals surface area contributed by atoms with Crippen LogP contribution in [0, 0.1) is 11.7 Å². The highest BCUT2D eigenvalue weighted by Crippen LogP contribution is 2.17. The highest BCUT2D eigenvalue weighted by atomic mass is 19.1. The molecule has 1 amide bonds. The fraction of sp³-hybridized carbons (Fsp3) is 0.385. The molecule has 0 atom stereocenters. The molecule has 1 saturated heterocycles. The molecule has 0 radical (unpaired) electrons. The number of aldehydes is 1. The van der Waals surface area contributed by atoms with Crippen LogP contribution in [-0.4, -0.2) is 30.2 Å². The fourth-order valence-corrected chi connectivity index (χ4v) is 2.04. The number of hydrogen-bond donors (Lipinski definition) is 0. The van der Waals surface area contributed by atoms with Gasteiger partial charge in [-0.3, -0.25) is 4.79 Å². The molecular formula is C13H14FNO2. The van der Waals surface area contributed by atoms with E-state index in [2.05, 4.69) is 0 Å². The molecule has 0 spiro atoms. The molecule has 1 fully saturated rings. The van der Waals surface area contributed by atoms with Gasteiger partial charge in [-0.25, -0.2) is 4.39 Å². The van der Waals surface area contributed by atoms with E-state index in [0.29, 0.717) is 31.5 Å². The second-order valence-electron chi connectivity index (χ2n) is 4.28. The Labute approximate surface area is 99.2 Å². The van der Waals surface area contributed by atoms with E-state index < -0.39 is 5.82 Å². The minimum Gasteiger partial charge on any atom is -0.339 e. The van der Waals surface area contributed by atoms with Crippen molar-refractivity contribution in [2.45, 2.75) is 12.8 Å². The van der Waals surface area contributed by atoms with Crippen molar-refractivity contribution in [1.82, 2.24) is 4.90 Å². The molecule has 1 aromatic carbocycles. The van der Waals surface area contributed by atoms with Gasteiger partial charge < -0.3 is 9.69 Å². The van der Waals surface area contributed by atoms with Crippen LogP contribution < -0.4 is 0 Å². The van der Waals surface area contributed by atoms with Gasteiger partial charge in [-0.2, -0.15) is 0 Å². The van der Waals surface area contributed by atoms with E-state index in [4.69, 9.17) is 0 Å². The van der Waals surface area contributed by atoms with Gasteiger partial charge in [0.25, 0.3) is 5.91 Å². The molecular weight excluding hydrogens is 221 g/mol. The molecule has 3 nitrogen and oxygen atoms in total. The number of hydrogen-bond acceptors (Lipinski definition) is 2. The van der Waals surface area contributed by atoms with E-state index in [1.165, 1.54) is 18.2 Å². The van der Waals surface area contributed by atoms with Crippen LogP contribution in [0.4, 0.5) is 4.39 Å². The Hall–Kier alpha value is -1.71. The molecule has 0 N–H and O–H groups in total. The molecule has 0 unspecified atom stereocenters. The summed E-state index contributed by atoms with van der Waals surface area (Å²) in [5.74, 6) is -0.501. The van der Waals surface area contributed by atoms with Gasteiger partial charge >= 0.3 is 0 Å². The number of carbonyl (C=O) groups is 2. The van der Waals surface area contributed by atoms with Crippen LogP contribution in [0.1, 0.15) is 23.2 Å². The number of halogens is 1. The smallest absolute Gasteiger partial charge is 0.253 e.